The average molecular weight is 731 g/mol. The second-order valence-electron chi connectivity index (χ2n) is 14.8. The molecule has 3 amide bonds. The zero-order chi connectivity index (χ0) is 37.3. The van der Waals surface area contributed by atoms with E-state index in [2.05, 4.69) is 10.3 Å². The van der Waals surface area contributed by atoms with Crippen LogP contribution in [0.3, 0.4) is 0 Å². The summed E-state index contributed by atoms with van der Waals surface area (Å²) in [6.07, 6.45) is 1.17. The Morgan fingerprint density at radius 2 is 1.64 bits per heavy atom. The maximum Gasteiger partial charge on any atom is 0.264 e. The lowest BCUT2D eigenvalue weighted by atomic mass is 9.82. The molecule has 3 heterocycles. The fourth-order valence-electron chi connectivity index (χ4n) is 8.45. The lowest BCUT2D eigenvalue weighted by molar-refractivity contribution is -0.150. The quantitative estimate of drug-likeness (QED) is 0.115. The molecular weight excluding hydrogens is 685 g/mol. The van der Waals surface area contributed by atoms with E-state index < -0.39 is 31.5 Å². The number of rotatable bonds is 12. The molecule has 1 aromatic heterocycles. The van der Waals surface area contributed by atoms with Crippen molar-refractivity contribution in [1.29, 1.82) is 0 Å². The van der Waals surface area contributed by atoms with Gasteiger partial charge in [0, 0.05) is 52.9 Å². The number of benzene rings is 4. The van der Waals surface area contributed by atoms with Gasteiger partial charge in [0.25, 0.3) is 5.91 Å². The number of carbonyl (C=O) groups excluding carboxylic acids is 3. The van der Waals surface area contributed by atoms with Crippen molar-refractivity contribution in [3.63, 3.8) is 0 Å². The van der Waals surface area contributed by atoms with Crippen LogP contribution in [-0.2, 0) is 44.2 Å². The Kier molecular flexibility index (Phi) is 10.1. The van der Waals surface area contributed by atoms with E-state index in [1.807, 2.05) is 123 Å². The molecule has 11 heteroatoms. The largest absolute Gasteiger partial charge is 0.432 e. The highest BCUT2D eigenvalue weighted by Crippen LogP contribution is 2.60. The summed E-state index contributed by atoms with van der Waals surface area (Å²) in [5, 5.41) is 13.9. The van der Waals surface area contributed by atoms with E-state index in [9.17, 15) is 24.3 Å². The molecule has 2 aliphatic heterocycles. The Morgan fingerprint density at radius 3 is 2.34 bits per heavy atom. The third-order valence-corrected chi connectivity index (χ3v) is 13.3. The smallest absolute Gasteiger partial charge is 0.264 e. The molecule has 0 saturated carbocycles. The molecule has 0 aliphatic carbocycles. The number of hydrogen-bond donors (Lipinski definition) is 4. The molecule has 0 unspecified atom stereocenters. The topological polar surface area (TPSA) is 135 Å². The van der Waals surface area contributed by atoms with Crippen LogP contribution in [0, 0.1) is 5.92 Å². The molecule has 4 aromatic carbocycles. The van der Waals surface area contributed by atoms with Crippen LogP contribution < -0.4 is 10.2 Å². The van der Waals surface area contributed by atoms with Gasteiger partial charge < -0.3 is 34.7 Å². The SMILES string of the molecule is C[C@H]1[C@H]([Si](C)(C)O)[C@@H](CC(=O)N(CCO)Cc2ccccc2)O[C@]12C(=O)N(Cc1ccccc1)c1ccc(NC(=O)Cc3c[nH]c4ccccc34)cc12. The molecule has 10 nitrogen and oxygen atoms in total. The van der Waals surface area contributed by atoms with Gasteiger partial charge in [-0.05, 0) is 54.0 Å². The lowest BCUT2D eigenvalue weighted by Crippen LogP contribution is -2.46. The molecule has 5 aromatic rings. The number of H-pyrrole nitrogens is 1. The van der Waals surface area contributed by atoms with Crippen LogP contribution in [-0.4, -0.2) is 65.1 Å². The average Bonchev–Trinajstić information content (AvgIpc) is 3.75. The van der Waals surface area contributed by atoms with Gasteiger partial charge in [-0.2, -0.15) is 0 Å². The third-order valence-electron chi connectivity index (χ3n) is 10.8. The number of carbonyl (C=O) groups is 3. The Hall–Kier alpha value is -5.07. The first-order chi connectivity index (χ1) is 25.5. The van der Waals surface area contributed by atoms with Crippen LogP contribution in [0.4, 0.5) is 11.4 Å². The number of aliphatic hydroxyl groups excluding tert-OH is 1. The number of fused-ring (bicyclic) bond motifs is 3. The number of ether oxygens (including phenoxy) is 1. The molecule has 7 rings (SSSR count). The summed E-state index contributed by atoms with van der Waals surface area (Å²) < 4.78 is 6.97. The fourth-order valence-corrected chi connectivity index (χ4v) is 11.0. The molecule has 1 spiro atoms. The Morgan fingerprint density at radius 1 is 0.962 bits per heavy atom. The van der Waals surface area contributed by atoms with Crippen molar-refractivity contribution in [2.75, 3.05) is 23.4 Å². The molecule has 1 saturated heterocycles. The highest BCUT2D eigenvalue weighted by Gasteiger charge is 2.66. The van der Waals surface area contributed by atoms with E-state index >= 15 is 0 Å². The number of amides is 3. The minimum absolute atomic E-state index is 0.0665. The third kappa shape index (κ3) is 7.05. The van der Waals surface area contributed by atoms with Gasteiger partial charge in [-0.3, -0.25) is 14.4 Å². The molecule has 4 N–H and O–H groups in total. The van der Waals surface area contributed by atoms with E-state index in [4.69, 9.17) is 4.74 Å². The lowest BCUT2D eigenvalue weighted by Gasteiger charge is -2.32. The fraction of sp³-hybridized carbons (Fsp3) is 0.310. The van der Waals surface area contributed by atoms with Gasteiger partial charge in [-0.25, -0.2) is 0 Å². The highest BCUT2D eigenvalue weighted by atomic mass is 28.4. The van der Waals surface area contributed by atoms with Gasteiger partial charge in [0.1, 0.15) is 0 Å². The molecular formula is C42H46N4O6Si. The Labute approximate surface area is 310 Å². The molecule has 1 fully saturated rings. The van der Waals surface area contributed by atoms with Crippen molar-refractivity contribution >= 4 is 48.3 Å². The zero-order valence-electron chi connectivity index (χ0n) is 30.3. The first-order valence-corrected chi connectivity index (χ1v) is 21.2. The van der Waals surface area contributed by atoms with Gasteiger partial charge in [-0.1, -0.05) is 85.8 Å². The van der Waals surface area contributed by atoms with Crippen molar-refractivity contribution in [3.05, 3.63) is 132 Å². The number of aromatic amines is 1. The van der Waals surface area contributed by atoms with Crippen LogP contribution in [0.1, 0.15) is 35.6 Å². The molecule has 4 atom stereocenters. The van der Waals surface area contributed by atoms with E-state index in [1.54, 1.807) is 15.9 Å². The summed E-state index contributed by atoms with van der Waals surface area (Å²) in [7, 11) is -3.07. The number of aromatic nitrogens is 1. The van der Waals surface area contributed by atoms with Crippen LogP contribution in [0.5, 0.6) is 0 Å². The Bertz CT molecular complexity index is 2120. The van der Waals surface area contributed by atoms with E-state index in [0.717, 1.165) is 27.6 Å². The second kappa shape index (κ2) is 14.7. The first kappa shape index (κ1) is 36.3. The molecule has 0 radical (unpaired) electrons. The summed E-state index contributed by atoms with van der Waals surface area (Å²) in [6.45, 7) is 6.13. The van der Waals surface area contributed by atoms with Crippen molar-refractivity contribution in [3.8, 4) is 0 Å². The van der Waals surface area contributed by atoms with E-state index in [1.165, 1.54) is 0 Å². The van der Waals surface area contributed by atoms with Crippen molar-refractivity contribution in [2.45, 2.75) is 63.2 Å². The van der Waals surface area contributed by atoms with Crippen molar-refractivity contribution in [2.24, 2.45) is 5.92 Å². The predicted octanol–water partition coefficient (Wildman–Crippen LogP) is 6.10. The highest BCUT2D eigenvalue weighted by molar-refractivity contribution is 6.71. The van der Waals surface area contributed by atoms with Gasteiger partial charge >= 0.3 is 0 Å². The summed E-state index contributed by atoms with van der Waals surface area (Å²) >= 11 is 0. The number of hydrogen-bond acceptors (Lipinski definition) is 6. The van der Waals surface area contributed by atoms with Gasteiger partial charge in [0.2, 0.25) is 11.8 Å². The minimum atomic E-state index is -3.07. The van der Waals surface area contributed by atoms with Crippen molar-refractivity contribution in [1.82, 2.24) is 9.88 Å². The minimum Gasteiger partial charge on any atom is -0.432 e. The summed E-state index contributed by atoms with van der Waals surface area (Å²) in [5.41, 5.74) is 3.49. The van der Waals surface area contributed by atoms with Crippen LogP contribution in [0.2, 0.25) is 18.6 Å². The Balaban J connectivity index is 1.23. The van der Waals surface area contributed by atoms with Crippen molar-refractivity contribution < 1.29 is 29.0 Å². The van der Waals surface area contributed by atoms with Crippen LogP contribution >= 0.6 is 0 Å². The zero-order valence-corrected chi connectivity index (χ0v) is 31.3. The maximum atomic E-state index is 15.0. The number of nitrogens with zero attached hydrogens (tertiary/aromatic N) is 2. The van der Waals surface area contributed by atoms with Crippen LogP contribution in [0.25, 0.3) is 10.9 Å². The normalized spacial score (nSPS) is 21.0. The first-order valence-electron chi connectivity index (χ1n) is 18.2. The molecule has 53 heavy (non-hydrogen) atoms. The monoisotopic (exact) mass is 730 g/mol. The number of anilines is 2. The number of para-hydroxylation sites is 1. The van der Waals surface area contributed by atoms with Gasteiger partial charge in [0.15, 0.2) is 13.9 Å². The van der Waals surface area contributed by atoms with Gasteiger partial charge in [-0.15, -0.1) is 0 Å². The van der Waals surface area contributed by atoms with Gasteiger partial charge in [0.05, 0.1) is 37.8 Å². The number of aliphatic hydroxyl groups is 1. The summed E-state index contributed by atoms with van der Waals surface area (Å²) in [4.78, 5) is 60.8. The summed E-state index contributed by atoms with van der Waals surface area (Å²) in [6, 6.07) is 32.6. The van der Waals surface area contributed by atoms with E-state index in [-0.39, 0.29) is 43.7 Å². The predicted molar refractivity (Wildman–Crippen MR) is 207 cm³/mol. The summed E-state index contributed by atoms with van der Waals surface area (Å²) in [5.74, 6) is -1.20. The standard InChI is InChI=1S/C42H46N4O6Si/c1-28-40(53(2,3)51)37(24-39(49)45(20-21-47)26-29-12-6-4-7-13-29)52-42(28)34-23-32(44-38(48)22-31-25-43-35-17-11-10-16-33(31)35)18-19-36(34)46(41(42)50)27-30-14-8-5-9-15-30/h4-19,23,25,28,37,40,43,47,51H,20-22,24,26-27H2,1-3H3,(H,44,48)/t28-,37+,40-,42+/m0/s1. The number of nitrogens with one attached hydrogen (secondary N) is 2. The molecule has 0 bridgehead atoms. The van der Waals surface area contributed by atoms with Crippen LogP contribution in [0.15, 0.2) is 109 Å². The maximum absolute atomic E-state index is 15.0. The molecule has 274 valence electrons. The van der Waals surface area contributed by atoms with E-state index in [0.29, 0.717) is 30.0 Å². The second-order valence-corrected chi connectivity index (χ2v) is 18.8. The molecule has 2 aliphatic rings.